The van der Waals surface area contributed by atoms with E-state index in [9.17, 15) is 0 Å². The lowest BCUT2D eigenvalue weighted by atomic mass is 10.3. The molecule has 0 fully saturated rings. The molecule has 0 bridgehead atoms. The molecule has 0 aromatic carbocycles. The monoisotopic (exact) mass is 235 g/mol. The fourth-order valence-corrected chi connectivity index (χ4v) is 2.17. The van der Waals surface area contributed by atoms with E-state index in [1.165, 1.54) is 0 Å². The van der Waals surface area contributed by atoms with Gasteiger partial charge in [-0.05, 0) is 13.0 Å². The molecule has 1 unspecified atom stereocenters. The SMILES string of the molecule is COc1ccc(-c2nc(C(C)N)cs2)cn1. The van der Waals surface area contributed by atoms with Gasteiger partial charge in [0.1, 0.15) is 5.01 Å². The van der Waals surface area contributed by atoms with E-state index in [0.717, 1.165) is 16.3 Å². The van der Waals surface area contributed by atoms with Crippen molar-refractivity contribution in [1.29, 1.82) is 0 Å². The van der Waals surface area contributed by atoms with Crippen LogP contribution in [0.2, 0.25) is 0 Å². The predicted octanol–water partition coefficient (Wildman–Crippen LogP) is 2.23. The van der Waals surface area contributed by atoms with Crippen LogP contribution in [-0.4, -0.2) is 17.1 Å². The number of hydrogen-bond donors (Lipinski definition) is 1. The number of rotatable bonds is 3. The fraction of sp³-hybridized carbons (Fsp3) is 0.273. The van der Waals surface area contributed by atoms with Crippen LogP contribution in [0.3, 0.4) is 0 Å². The van der Waals surface area contributed by atoms with Crippen LogP contribution in [-0.2, 0) is 0 Å². The quantitative estimate of drug-likeness (QED) is 0.886. The number of methoxy groups -OCH3 is 1. The second-order valence-electron chi connectivity index (χ2n) is 3.46. The molecule has 2 aromatic rings. The van der Waals surface area contributed by atoms with Crippen LogP contribution in [0.15, 0.2) is 23.7 Å². The molecule has 0 aliphatic heterocycles. The molecule has 0 aliphatic rings. The summed E-state index contributed by atoms with van der Waals surface area (Å²) >= 11 is 1.57. The van der Waals surface area contributed by atoms with E-state index in [-0.39, 0.29) is 6.04 Å². The second kappa shape index (κ2) is 4.59. The highest BCUT2D eigenvalue weighted by Crippen LogP contribution is 2.25. The third-order valence-electron chi connectivity index (χ3n) is 2.18. The first kappa shape index (κ1) is 11.0. The first-order valence-electron chi connectivity index (χ1n) is 4.92. The van der Waals surface area contributed by atoms with Crippen LogP contribution >= 0.6 is 11.3 Å². The van der Waals surface area contributed by atoms with Crippen molar-refractivity contribution in [3.63, 3.8) is 0 Å². The Morgan fingerprint density at radius 2 is 2.25 bits per heavy atom. The van der Waals surface area contributed by atoms with Crippen molar-refractivity contribution in [3.8, 4) is 16.5 Å². The van der Waals surface area contributed by atoms with Crippen molar-refractivity contribution < 1.29 is 4.74 Å². The summed E-state index contributed by atoms with van der Waals surface area (Å²) in [5, 5.41) is 2.91. The Morgan fingerprint density at radius 3 is 2.75 bits per heavy atom. The molecule has 2 rings (SSSR count). The zero-order valence-electron chi connectivity index (χ0n) is 9.18. The largest absolute Gasteiger partial charge is 0.481 e. The molecule has 0 radical (unpaired) electrons. The van der Waals surface area contributed by atoms with Crippen LogP contribution in [0, 0.1) is 0 Å². The molecule has 0 saturated carbocycles. The van der Waals surface area contributed by atoms with Crippen LogP contribution in [0.5, 0.6) is 5.88 Å². The molecule has 84 valence electrons. The lowest BCUT2D eigenvalue weighted by Gasteiger charge is -2.00. The summed E-state index contributed by atoms with van der Waals surface area (Å²) in [6, 6.07) is 3.73. The Hall–Kier alpha value is -1.46. The molecular formula is C11H13N3OS. The molecule has 0 spiro atoms. The molecule has 5 heteroatoms. The molecular weight excluding hydrogens is 222 g/mol. The Bertz CT molecular complexity index is 464. The maximum absolute atomic E-state index is 5.76. The number of pyridine rings is 1. The fourth-order valence-electron chi connectivity index (χ4n) is 1.26. The van der Waals surface area contributed by atoms with E-state index in [1.807, 2.05) is 24.4 Å². The first-order valence-corrected chi connectivity index (χ1v) is 5.80. The van der Waals surface area contributed by atoms with Crippen molar-refractivity contribution in [1.82, 2.24) is 9.97 Å². The summed E-state index contributed by atoms with van der Waals surface area (Å²) in [7, 11) is 1.60. The lowest BCUT2D eigenvalue weighted by molar-refractivity contribution is 0.398. The highest BCUT2D eigenvalue weighted by atomic mass is 32.1. The van der Waals surface area contributed by atoms with Crippen molar-refractivity contribution in [2.45, 2.75) is 13.0 Å². The van der Waals surface area contributed by atoms with Crippen molar-refractivity contribution >= 4 is 11.3 Å². The van der Waals surface area contributed by atoms with Gasteiger partial charge in [-0.2, -0.15) is 0 Å². The zero-order chi connectivity index (χ0) is 11.5. The van der Waals surface area contributed by atoms with Gasteiger partial charge in [0.2, 0.25) is 5.88 Å². The molecule has 2 aromatic heterocycles. The molecule has 0 saturated heterocycles. The second-order valence-corrected chi connectivity index (χ2v) is 4.31. The van der Waals surface area contributed by atoms with Gasteiger partial charge in [-0.3, -0.25) is 0 Å². The van der Waals surface area contributed by atoms with Crippen LogP contribution in [0.4, 0.5) is 0 Å². The zero-order valence-corrected chi connectivity index (χ0v) is 9.99. The van der Waals surface area contributed by atoms with E-state index in [0.29, 0.717) is 5.88 Å². The van der Waals surface area contributed by atoms with E-state index in [2.05, 4.69) is 9.97 Å². The van der Waals surface area contributed by atoms with Gasteiger partial charge in [0.15, 0.2) is 0 Å². The predicted molar refractivity (Wildman–Crippen MR) is 64.5 cm³/mol. The molecule has 0 amide bonds. The molecule has 2 heterocycles. The number of aromatic nitrogens is 2. The van der Waals surface area contributed by atoms with Gasteiger partial charge in [-0.15, -0.1) is 11.3 Å². The van der Waals surface area contributed by atoms with Crippen LogP contribution in [0.25, 0.3) is 10.6 Å². The average molecular weight is 235 g/mol. The smallest absolute Gasteiger partial charge is 0.212 e. The molecule has 2 N–H and O–H groups in total. The minimum atomic E-state index is -0.0313. The molecule has 16 heavy (non-hydrogen) atoms. The van der Waals surface area contributed by atoms with Crippen molar-refractivity contribution in [3.05, 3.63) is 29.4 Å². The van der Waals surface area contributed by atoms with E-state index >= 15 is 0 Å². The third kappa shape index (κ3) is 2.20. The number of ether oxygens (including phenoxy) is 1. The standard InChI is InChI=1S/C11H13N3OS/c1-7(12)9-6-16-11(14-9)8-3-4-10(15-2)13-5-8/h3-7H,12H2,1-2H3. The van der Waals surface area contributed by atoms with Gasteiger partial charge in [0.05, 0.1) is 12.8 Å². The number of thiazole rings is 1. The van der Waals surface area contributed by atoms with Crippen LogP contribution in [0.1, 0.15) is 18.7 Å². The summed E-state index contributed by atoms with van der Waals surface area (Å²) < 4.78 is 5.00. The highest BCUT2D eigenvalue weighted by Gasteiger charge is 2.07. The van der Waals surface area contributed by atoms with Crippen molar-refractivity contribution in [2.24, 2.45) is 5.73 Å². The average Bonchev–Trinajstić information content (AvgIpc) is 2.78. The number of nitrogens with zero attached hydrogens (tertiary/aromatic N) is 2. The summed E-state index contributed by atoms with van der Waals surface area (Å²) in [4.78, 5) is 8.59. The highest BCUT2D eigenvalue weighted by molar-refractivity contribution is 7.13. The summed E-state index contributed by atoms with van der Waals surface area (Å²) in [6.07, 6.45) is 1.75. The lowest BCUT2D eigenvalue weighted by Crippen LogP contribution is -2.04. The third-order valence-corrected chi connectivity index (χ3v) is 3.09. The first-order chi connectivity index (χ1) is 7.70. The Morgan fingerprint density at radius 1 is 1.44 bits per heavy atom. The van der Waals surface area contributed by atoms with Gasteiger partial charge < -0.3 is 10.5 Å². The maximum Gasteiger partial charge on any atom is 0.212 e. The van der Waals surface area contributed by atoms with E-state index in [4.69, 9.17) is 10.5 Å². The number of hydrogen-bond acceptors (Lipinski definition) is 5. The Balaban J connectivity index is 2.28. The van der Waals surface area contributed by atoms with Gasteiger partial charge in [-0.1, -0.05) is 0 Å². The minimum absolute atomic E-state index is 0.0313. The van der Waals surface area contributed by atoms with E-state index < -0.39 is 0 Å². The maximum atomic E-state index is 5.76. The van der Waals surface area contributed by atoms with Gasteiger partial charge in [0.25, 0.3) is 0 Å². The summed E-state index contributed by atoms with van der Waals surface area (Å²) in [5.74, 6) is 0.604. The van der Waals surface area contributed by atoms with E-state index in [1.54, 1.807) is 24.6 Å². The van der Waals surface area contributed by atoms with Gasteiger partial charge >= 0.3 is 0 Å². The Labute approximate surface area is 98.1 Å². The minimum Gasteiger partial charge on any atom is -0.481 e. The van der Waals surface area contributed by atoms with Gasteiger partial charge in [0, 0.05) is 29.2 Å². The van der Waals surface area contributed by atoms with Crippen molar-refractivity contribution in [2.75, 3.05) is 7.11 Å². The molecule has 4 nitrogen and oxygen atoms in total. The Kier molecular flexibility index (Phi) is 3.17. The summed E-state index contributed by atoms with van der Waals surface area (Å²) in [5.41, 5.74) is 7.66. The van der Waals surface area contributed by atoms with Gasteiger partial charge in [-0.25, -0.2) is 9.97 Å². The molecule has 0 aliphatic carbocycles. The van der Waals surface area contributed by atoms with Crippen LogP contribution < -0.4 is 10.5 Å². The topological polar surface area (TPSA) is 61.0 Å². The number of nitrogens with two attached hydrogens (primary N) is 1. The summed E-state index contributed by atoms with van der Waals surface area (Å²) in [6.45, 7) is 1.92. The normalized spacial score (nSPS) is 12.4. The molecule has 1 atom stereocenters.